The number of hydrogen-bond acceptors (Lipinski definition) is 2. The van der Waals surface area contributed by atoms with Crippen molar-refractivity contribution in [3.63, 3.8) is 0 Å². The Kier molecular flexibility index (Phi) is 4.53. The molecule has 0 fully saturated rings. The molecule has 1 atom stereocenters. The molecule has 0 amide bonds. The van der Waals surface area contributed by atoms with Gasteiger partial charge in [-0.1, -0.05) is 30.3 Å². The van der Waals surface area contributed by atoms with E-state index in [0.717, 1.165) is 16.8 Å². The number of hydrogen-bond donors (Lipinski definition) is 2. The van der Waals surface area contributed by atoms with Gasteiger partial charge in [0.2, 0.25) is 0 Å². The summed E-state index contributed by atoms with van der Waals surface area (Å²) in [5.74, 6) is -0.251. The van der Waals surface area contributed by atoms with E-state index >= 15 is 0 Å². The van der Waals surface area contributed by atoms with Gasteiger partial charge in [0.1, 0.15) is 5.82 Å². The molecule has 2 aromatic rings. The summed E-state index contributed by atoms with van der Waals surface area (Å²) in [5.41, 5.74) is 3.05. The van der Waals surface area contributed by atoms with Crippen molar-refractivity contribution < 1.29 is 9.50 Å². The number of nitrogens with one attached hydrogen (secondary N) is 1. The molecule has 0 aliphatic heterocycles. The molecule has 2 N–H and O–H groups in total. The molecule has 0 saturated heterocycles. The van der Waals surface area contributed by atoms with Gasteiger partial charge in [-0.2, -0.15) is 0 Å². The molecule has 100 valence electrons. The van der Waals surface area contributed by atoms with Gasteiger partial charge in [-0.3, -0.25) is 0 Å². The predicted octanol–water partition coefficient (Wildman–Crippen LogP) is 3.01. The van der Waals surface area contributed by atoms with Crippen LogP contribution in [-0.4, -0.2) is 18.3 Å². The molecule has 0 heterocycles. The zero-order valence-electron chi connectivity index (χ0n) is 10.9. The highest BCUT2D eigenvalue weighted by molar-refractivity contribution is 5.50. The van der Waals surface area contributed by atoms with Gasteiger partial charge < -0.3 is 10.4 Å². The Balaban J connectivity index is 2.01. The van der Waals surface area contributed by atoms with Crippen LogP contribution in [0.1, 0.15) is 11.1 Å². The lowest BCUT2D eigenvalue weighted by Gasteiger charge is -2.14. The van der Waals surface area contributed by atoms with Crippen LogP contribution in [0.4, 0.5) is 10.1 Å². The molecule has 19 heavy (non-hydrogen) atoms. The normalized spacial score (nSPS) is 12.2. The van der Waals surface area contributed by atoms with Crippen molar-refractivity contribution in [3.8, 4) is 0 Å². The van der Waals surface area contributed by atoms with Crippen molar-refractivity contribution in [2.24, 2.45) is 0 Å². The summed E-state index contributed by atoms with van der Waals surface area (Å²) in [6, 6.07) is 14.2. The zero-order valence-corrected chi connectivity index (χ0v) is 10.9. The van der Waals surface area contributed by atoms with Crippen LogP contribution in [0.3, 0.4) is 0 Å². The molecular weight excluding hydrogens is 241 g/mol. The summed E-state index contributed by atoms with van der Waals surface area (Å²) >= 11 is 0. The summed E-state index contributed by atoms with van der Waals surface area (Å²) in [6.45, 7) is 0. The van der Waals surface area contributed by atoms with Gasteiger partial charge in [0.25, 0.3) is 0 Å². The first-order valence-electron chi connectivity index (χ1n) is 6.37. The van der Waals surface area contributed by atoms with Gasteiger partial charge in [0, 0.05) is 19.2 Å². The minimum atomic E-state index is -0.472. The maximum Gasteiger partial charge on any atom is 0.123 e. The van der Waals surface area contributed by atoms with E-state index in [1.54, 1.807) is 12.1 Å². The Labute approximate surface area is 112 Å². The maximum atomic E-state index is 12.8. The molecule has 2 nitrogen and oxygen atoms in total. The Morgan fingerprint density at radius 2 is 1.74 bits per heavy atom. The highest BCUT2D eigenvalue weighted by atomic mass is 19.1. The quantitative estimate of drug-likeness (QED) is 0.865. The number of aliphatic hydroxyl groups is 1. The molecule has 2 rings (SSSR count). The second-order valence-electron chi connectivity index (χ2n) is 4.60. The molecule has 0 bridgehead atoms. The fourth-order valence-electron chi connectivity index (χ4n) is 2.16. The van der Waals surface area contributed by atoms with Crippen molar-refractivity contribution in [2.75, 3.05) is 12.4 Å². The van der Waals surface area contributed by atoms with Crippen molar-refractivity contribution in [2.45, 2.75) is 18.9 Å². The molecule has 0 aromatic heterocycles. The lowest BCUT2D eigenvalue weighted by atomic mass is 10.00. The van der Waals surface area contributed by atoms with Gasteiger partial charge >= 0.3 is 0 Å². The SMILES string of the molecule is CNc1ccccc1CC(O)Cc1ccc(F)cc1. The van der Waals surface area contributed by atoms with Gasteiger partial charge in [-0.25, -0.2) is 4.39 Å². The number of para-hydroxylation sites is 1. The predicted molar refractivity (Wildman–Crippen MR) is 75.8 cm³/mol. The highest BCUT2D eigenvalue weighted by Crippen LogP contribution is 2.17. The minimum Gasteiger partial charge on any atom is -0.392 e. The number of anilines is 1. The van der Waals surface area contributed by atoms with E-state index in [4.69, 9.17) is 0 Å². The van der Waals surface area contributed by atoms with Gasteiger partial charge in [0.05, 0.1) is 6.10 Å². The van der Waals surface area contributed by atoms with Crippen LogP contribution in [0.25, 0.3) is 0 Å². The lowest BCUT2D eigenvalue weighted by molar-refractivity contribution is 0.175. The van der Waals surface area contributed by atoms with E-state index in [0.29, 0.717) is 12.8 Å². The van der Waals surface area contributed by atoms with Crippen LogP contribution in [0.15, 0.2) is 48.5 Å². The summed E-state index contributed by atoms with van der Waals surface area (Å²) in [4.78, 5) is 0. The molecule has 2 aromatic carbocycles. The smallest absolute Gasteiger partial charge is 0.123 e. The van der Waals surface area contributed by atoms with Gasteiger partial charge in [0.15, 0.2) is 0 Å². The van der Waals surface area contributed by atoms with Crippen LogP contribution in [0.2, 0.25) is 0 Å². The van der Waals surface area contributed by atoms with Crippen LogP contribution < -0.4 is 5.32 Å². The van der Waals surface area contributed by atoms with Gasteiger partial charge in [-0.05, 0) is 35.7 Å². The molecule has 0 aliphatic carbocycles. The van der Waals surface area contributed by atoms with Crippen molar-refractivity contribution in [1.29, 1.82) is 0 Å². The number of aliphatic hydroxyl groups excluding tert-OH is 1. The third-order valence-electron chi connectivity index (χ3n) is 3.13. The van der Waals surface area contributed by atoms with E-state index in [2.05, 4.69) is 5.32 Å². The third-order valence-corrected chi connectivity index (χ3v) is 3.13. The second-order valence-corrected chi connectivity index (χ2v) is 4.60. The molecule has 0 spiro atoms. The van der Waals surface area contributed by atoms with E-state index in [-0.39, 0.29) is 5.82 Å². The maximum absolute atomic E-state index is 12.8. The number of halogens is 1. The van der Waals surface area contributed by atoms with Gasteiger partial charge in [-0.15, -0.1) is 0 Å². The third kappa shape index (κ3) is 3.80. The first-order chi connectivity index (χ1) is 9.19. The molecule has 0 aliphatic rings. The van der Waals surface area contributed by atoms with E-state index < -0.39 is 6.10 Å². The number of rotatable bonds is 5. The first kappa shape index (κ1) is 13.6. The monoisotopic (exact) mass is 259 g/mol. The Morgan fingerprint density at radius 3 is 2.42 bits per heavy atom. The number of benzene rings is 2. The van der Waals surface area contributed by atoms with E-state index in [1.807, 2.05) is 31.3 Å². The first-order valence-corrected chi connectivity index (χ1v) is 6.37. The second kappa shape index (κ2) is 6.34. The van der Waals surface area contributed by atoms with Crippen LogP contribution >= 0.6 is 0 Å². The van der Waals surface area contributed by atoms with Crippen LogP contribution in [0, 0.1) is 5.82 Å². The lowest BCUT2D eigenvalue weighted by Crippen LogP contribution is -2.14. The molecule has 0 radical (unpaired) electrons. The Morgan fingerprint density at radius 1 is 1.05 bits per heavy atom. The minimum absolute atomic E-state index is 0.251. The van der Waals surface area contributed by atoms with Crippen LogP contribution in [0.5, 0.6) is 0 Å². The van der Waals surface area contributed by atoms with Crippen molar-refractivity contribution in [1.82, 2.24) is 0 Å². The Bertz CT molecular complexity index is 525. The molecular formula is C16H18FNO. The Hall–Kier alpha value is -1.87. The molecule has 3 heteroatoms. The van der Waals surface area contributed by atoms with Crippen molar-refractivity contribution >= 4 is 5.69 Å². The van der Waals surface area contributed by atoms with Crippen molar-refractivity contribution in [3.05, 3.63) is 65.5 Å². The molecule has 1 unspecified atom stereocenters. The fourth-order valence-corrected chi connectivity index (χ4v) is 2.16. The summed E-state index contributed by atoms with van der Waals surface area (Å²) < 4.78 is 12.8. The average Bonchev–Trinajstić information content (AvgIpc) is 2.42. The fraction of sp³-hybridized carbons (Fsp3) is 0.250. The average molecular weight is 259 g/mol. The largest absolute Gasteiger partial charge is 0.392 e. The summed E-state index contributed by atoms with van der Waals surface area (Å²) in [7, 11) is 1.87. The highest BCUT2D eigenvalue weighted by Gasteiger charge is 2.09. The van der Waals surface area contributed by atoms with E-state index in [9.17, 15) is 9.50 Å². The van der Waals surface area contributed by atoms with Crippen LogP contribution in [-0.2, 0) is 12.8 Å². The topological polar surface area (TPSA) is 32.3 Å². The summed E-state index contributed by atoms with van der Waals surface area (Å²) in [5, 5.41) is 13.2. The zero-order chi connectivity index (χ0) is 13.7. The van der Waals surface area contributed by atoms with E-state index in [1.165, 1.54) is 12.1 Å². The summed E-state index contributed by atoms with van der Waals surface area (Å²) in [6.07, 6.45) is 0.632. The molecule has 0 saturated carbocycles. The standard InChI is InChI=1S/C16H18FNO/c1-18-16-5-3-2-4-13(16)11-15(19)10-12-6-8-14(17)9-7-12/h2-9,15,18-19H,10-11H2,1H3.